The summed E-state index contributed by atoms with van der Waals surface area (Å²) in [6, 6.07) is 11.5. The molecule has 41 heavy (non-hydrogen) atoms. The number of rotatable bonds is 7. The van der Waals surface area contributed by atoms with Gasteiger partial charge in [-0.2, -0.15) is 9.97 Å². The minimum absolute atomic E-state index is 0.0112. The molecular weight excluding hydrogens is 530 g/mol. The molecule has 13 heteroatoms. The fraction of sp³-hybridized carbons (Fsp3) is 0.286. The van der Waals surface area contributed by atoms with Gasteiger partial charge in [-0.1, -0.05) is 18.2 Å². The Morgan fingerprint density at radius 3 is 2.66 bits per heavy atom. The molecule has 0 radical (unpaired) electrons. The molecule has 0 saturated heterocycles. The average Bonchev–Trinajstić information content (AvgIpc) is 3.34. The minimum Gasteiger partial charge on any atom is -0.466 e. The van der Waals surface area contributed by atoms with Gasteiger partial charge < -0.3 is 34.9 Å². The van der Waals surface area contributed by atoms with Crippen LogP contribution in [0.3, 0.4) is 0 Å². The number of carbonyl (C=O) groups excluding carboxylic acids is 2. The highest BCUT2D eigenvalue weighted by atomic mass is 16.6. The number of amides is 1. The summed E-state index contributed by atoms with van der Waals surface area (Å²) >= 11 is 0. The molecule has 1 amide bonds. The highest BCUT2D eigenvalue weighted by Crippen LogP contribution is 2.40. The Labute approximate surface area is 235 Å². The van der Waals surface area contributed by atoms with Crippen LogP contribution in [0.1, 0.15) is 42.3 Å². The topological polar surface area (TPSA) is 174 Å². The zero-order valence-electron chi connectivity index (χ0n) is 23.0. The summed E-state index contributed by atoms with van der Waals surface area (Å²) < 4.78 is 23.1. The molecule has 212 valence electrons. The first-order valence-electron chi connectivity index (χ1n) is 12.7. The number of amidine groups is 2. The number of hydrogen-bond acceptors (Lipinski definition) is 11. The van der Waals surface area contributed by atoms with E-state index in [0.717, 1.165) is 17.9 Å². The molecule has 2 aliphatic rings. The number of hydrogen-bond donors (Lipinski definition) is 3. The van der Waals surface area contributed by atoms with Crippen molar-refractivity contribution in [2.45, 2.75) is 26.4 Å². The third kappa shape index (κ3) is 6.19. The van der Waals surface area contributed by atoms with Gasteiger partial charge >= 0.3 is 12.0 Å². The van der Waals surface area contributed by atoms with Crippen molar-refractivity contribution in [2.75, 3.05) is 32.1 Å². The Morgan fingerprint density at radius 1 is 1.15 bits per heavy atom. The van der Waals surface area contributed by atoms with Gasteiger partial charge in [-0.3, -0.25) is 15.2 Å². The average molecular weight is 560 g/mol. The quantitative estimate of drug-likeness (QED) is 0.221. The maximum Gasteiger partial charge on any atom is 0.342 e. The second kappa shape index (κ2) is 10.8. The van der Waals surface area contributed by atoms with Gasteiger partial charge in [0, 0.05) is 24.7 Å². The van der Waals surface area contributed by atoms with Crippen LogP contribution in [0.2, 0.25) is 0 Å². The number of ether oxygens (including phenoxy) is 4. The van der Waals surface area contributed by atoms with Gasteiger partial charge in [0.25, 0.3) is 11.8 Å². The molecule has 0 unspecified atom stereocenters. The van der Waals surface area contributed by atoms with Crippen molar-refractivity contribution >= 4 is 29.2 Å². The van der Waals surface area contributed by atoms with Gasteiger partial charge in [-0.05, 0) is 45.0 Å². The molecule has 0 aliphatic carbocycles. The number of nitrogen functional groups attached to an aromatic ring is 1. The summed E-state index contributed by atoms with van der Waals surface area (Å²) in [6.45, 7) is 6.48. The number of esters is 1. The lowest BCUT2D eigenvalue weighted by atomic mass is 10.1. The van der Waals surface area contributed by atoms with Crippen LogP contribution in [-0.2, 0) is 9.53 Å². The molecule has 3 heterocycles. The molecule has 0 bridgehead atoms. The Hall–Kier alpha value is -5.20. The lowest BCUT2D eigenvalue weighted by Crippen LogP contribution is -2.27. The molecule has 3 aromatic rings. The lowest BCUT2D eigenvalue weighted by molar-refractivity contribution is -0.118. The molecule has 2 aliphatic heterocycles. The monoisotopic (exact) mass is 559 g/mol. The van der Waals surface area contributed by atoms with Gasteiger partial charge in [-0.25, -0.2) is 4.79 Å². The Balaban J connectivity index is 1.53. The molecular formula is C28H29N7O6. The number of anilines is 1. The predicted molar refractivity (Wildman–Crippen MR) is 149 cm³/mol. The molecule has 0 saturated carbocycles. The number of aliphatic imine (C=N–C) groups is 1. The van der Waals surface area contributed by atoms with Crippen LogP contribution in [0.25, 0.3) is 0 Å². The van der Waals surface area contributed by atoms with E-state index in [2.05, 4.69) is 20.3 Å². The zero-order valence-corrected chi connectivity index (χ0v) is 23.0. The molecule has 2 aromatic carbocycles. The Kier molecular flexibility index (Phi) is 7.18. The highest BCUT2D eigenvalue weighted by molar-refractivity contribution is 6.00. The van der Waals surface area contributed by atoms with Crippen molar-refractivity contribution in [3.8, 4) is 29.3 Å². The SMILES string of the molecule is CN1CCN=C1c1cccc(Oc2nc3c(c(Oc4cc(C(=N)N)ccc4C(=O)OC(C)(C)C)n2)NC(=O)CO3)c1. The van der Waals surface area contributed by atoms with E-state index in [1.165, 1.54) is 18.2 Å². The van der Waals surface area contributed by atoms with E-state index in [4.69, 9.17) is 30.1 Å². The number of nitrogens with two attached hydrogens (primary N) is 1. The summed E-state index contributed by atoms with van der Waals surface area (Å²) in [4.78, 5) is 40.4. The van der Waals surface area contributed by atoms with Crippen molar-refractivity contribution in [1.29, 1.82) is 5.41 Å². The number of nitrogens with zero attached hydrogens (tertiary/aromatic N) is 4. The normalized spacial score (nSPS) is 14.4. The largest absolute Gasteiger partial charge is 0.466 e. The van der Waals surface area contributed by atoms with E-state index in [0.29, 0.717) is 17.9 Å². The number of aromatic nitrogens is 2. The number of fused-ring (bicyclic) bond motifs is 1. The van der Waals surface area contributed by atoms with Crippen LogP contribution in [0, 0.1) is 5.41 Å². The molecule has 5 rings (SSSR count). The van der Waals surface area contributed by atoms with Gasteiger partial charge in [0.05, 0.1) is 6.54 Å². The smallest absolute Gasteiger partial charge is 0.342 e. The third-order valence-electron chi connectivity index (χ3n) is 5.90. The molecule has 4 N–H and O–H groups in total. The number of benzene rings is 2. The fourth-order valence-electron chi connectivity index (χ4n) is 4.07. The van der Waals surface area contributed by atoms with Crippen LogP contribution in [0.4, 0.5) is 5.69 Å². The van der Waals surface area contributed by atoms with Crippen molar-refractivity contribution in [1.82, 2.24) is 14.9 Å². The predicted octanol–water partition coefficient (Wildman–Crippen LogP) is 3.32. The molecule has 0 atom stereocenters. The van der Waals surface area contributed by atoms with E-state index >= 15 is 0 Å². The highest BCUT2D eigenvalue weighted by Gasteiger charge is 2.28. The number of nitrogens with one attached hydrogen (secondary N) is 2. The number of likely N-dealkylation sites (N-methyl/N-ethyl adjacent to an activating group) is 1. The lowest BCUT2D eigenvalue weighted by Gasteiger charge is -2.22. The van der Waals surface area contributed by atoms with Gasteiger partial charge in [0.2, 0.25) is 5.88 Å². The van der Waals surface area contributed by atoms with Gasteiger partial charge in [0.1, 0.15) is 34.3 Å². The maximum atomic E-state index is 13.0. The zero-order chi connectivity index (χ0) is 29.3. The fourth-order valence-corrected chi connectivity index (χ4v) is 4.07. The molecule has 0 spiro atoms. The maximum absolute atomic E-state index is 13.0. The van der Waals surface area contributed by atoms with E-state index in [1.54, 1.807) is 26.8 Å². The first kappa shape index (κ1) is 27.4. The van der Waals surface area contributed by atoms with Crippen LogP contribution in [0.15, 0.2) is 47.5 Å². The van der Waals surface area contributed by atoms with Crippen LogP contribution < -0.4 is 25.3 Å². The van der Waals surface area contributed by atoms with Crippen molar-refractivity contribution < 1.29 is 28.5 Å². The Morgan fingerprint density at radius 2 is 1.95 bits per heavy atom. The van der Waals surface area contributed by atoms with Crippen LogP contribution in [0.5, 0.6) is 29.3 Å². The van der Waals surface area contributed by atoms with Crippen molar-refractivity contribution in [3.05, 3.63) is 59.2 Å². The van der Waals surface area contributed by atoms with E-state index in [1.807, 2.05) is 30.1 Å². The second-order valence-electron chi connectivity index (χ2n) is 10.3. The van der Waals surface area contributed by atoms with E-state index < -0.39 is 17.5 Å². The standard InChI is InChI=1S/C28H29N7O6/c1-28(2,3)41-26(37)18-9-8-15(22(29)30)13-19(18)40-25-21-24(38-14-20(36)32-21)33-27(34-25)39-17-7-5-6-16(12-17)23-31-10-11-35(23)4/h5-9,12-13H,10-11,14H2,1-4H3,(H3,29,30)(H,32,36). The summed E-state index contributed by atoms with van der Waals surface area (Å²) in [7, 11) is 1.97. The van der Waals surface area contributed by atoms with Crippen LogP contribution in [-0.4, -0.2) is 70.8 Å². The second-order valence-corrected chi connectivity index (χ2v) is 10.3. The summed E-state index contributed by atoms with van der Waals surface area (Å²) in [5.41, 5.74) is 6.17. The summed E-state index contributed by atoms with van der Waals surface area (Å²) in [5, 5.41) is 10.5. The van der Waals surface area contributed by atoms with Crippen molar-refractivity contribution in [2.24, 2.45) is 10.7 Å². The molecule has 0 fully saturated rings. The van der Waals surface area contributed by atoms with Gasteiger partial charge in [-0.15, -0.1) is 0 Å². The number of carbonyl (C=O) groups is 2. The molecule has 1 aromatic heterocycles. The van der Waals surface area contributed by atoms with Crippen LogP contribution >= 0.6 is 0 Å². The Bertz CT molecular complexity index is 1580. The summed E-state index contributed by atoms with van der Waals surface area (Å²) in [6.07, 6.45) is 0. The summed E-state index contributed by atoms with van der Waals surface area (Å²) in [5.74, 6) is -0.225. The van der Waals surface area contributed by atoms with Gasteiger partial charge in [0.15, 0.2) is 12.3 Å². The first-order chi connectivity index (χ1) is 19.5. The molecule has 13 nitrogen and oxygen atoms in total. The van der Waals surface area contributed by atoms with E-state index in [9.17, 15) is 9.59 Å². The van der Waals surface area contributed by atoms with Crippen molar-refractivity contribution in [3.63, 3.8) is 0 Å². The third-order valence-corrected chi connectivity index (χ3v) is 5.90. The first-order valence-corrected chi connectivity index (χ1v) is 12.7. The minimum atomic E-state index is -0.780. The van der Waals surface area contributed by atoms with E-state index in [-0.39, 0.29) is 47.2 Å².